The predicted molar refractivity (Wildman–Crippen MR) is 72.2 cm³/mol. The van der Waals surface area contributed by atoms with Crippen molar-refractivity contribution in [2.24, 2.45) is 5.41 Å². The van der Waals surface area contributed by atoms with Crippen molar-refractivity contribution in [3.63, 3.8) is 0 Å². The molecule has 1 N–H and O–H groups in total. The van der Waals surface area contributed by atoms with E-state index in [2.05, 4.69) is 25.2 Å². The highest BCUT2D eigenvalue weighted by atomic mass is 32.2. The Kier molecular flexibility index (Phi) is 3.50. The minimum atomic E-state index is -0.0845. The standard InChI is InChI=1S/C14H20FNS/c1-14(2)10(8-13(14)16-3)9-5-6-12(17-4)11(15)7-9/h5-7,10,13,16H,8H2,1-4H3. The number of thioether (sulfide) groups is 1. The maximum absolute atomic E-state index is 13.8. The number of benzene rings is 1. The van der Waals surface area contributed by atoms with Gasteiger partial charge in [-0.2, -0.15) is 0 Å². The SMILES string of the molecule is CNC1CC(c2ccc(SC)c(F)c2)C1(C)C. The first kappa shape index (κ1) is 12.9. The van der Waals surface area contributed by atoms with E-state index in [4.69, 9.17) is 0 Å². The molecular formula is C14H20FNS. The lowest BCUT2D eigenvalue weighted by Crippen LogP contribution is -2.54. The molecule has 0 amide bonds. The summed E-state index contributed by atoms with van der Waals surface area (Å²) in [5.74, 6) is 0.379. The zero-order valence-electron chi connectivity index (χ0n) is 10.9. The van der Waals surface area contributed by atoms with Gasteiger partial charge in [0, 0.05) is 10.9 Å². The lowest BCUT2D eigenvalue weighted by atomic mass is 9.56. The normalized spacial score (nSPS) is 26.6. The third-order valence-corrected chi connectivity index (χ3v) is 4.97. The van der Waals surface area contributed by atoms with Crippen LogP contribution in [0.2, 0.25) is 0 Å². The van der Waals surface area contributed by atoms with Crippen LogP contribution in [0.5, 0.6) is 0 Å². The topological polar surface area (TPSA) is 12.0 Å². The van der Waals surface area contributed by atoms with Crippen molar-refractivity contribution >= 4 is 11.8 Å². The summed E-state index contributed by atoms with van der Waals surface area (Å²) in [5.41, 5.74) is 1.35. The fourth-order valence-corrected chi connectivity index (χ4v) is 3.34. The highest BCUT2D eigenvalue weighted by Gasteiger charge is 2.47. The Morgan fingerprint density at radius 3 is 2.59 bits per heavy atom. The minimum Gasteiger partial charge on any atom is -0.316 e. The van der Waals surface area contributed by atoms with Gasteiger partial charge in [-0.3, -0.25) is 0 Å². The smallest absolute Gasteiger partial charge is 0.137 e. The van der Waals surface area contributed by atoms with Crippen LogP contribution >= 0.6 is 11.8 Å². The van der Waals surface area contributed by atoms with Crippen molar-refractivity contribution < 1.29 is 4.39 Å². The van der Waals surface area contributed by atoms with Crippen LogP contribution in [0.15, 0.2) is 23.1 Å². The molecular weight excluding hydrogens is 233 g/mol. The van der Waals surface area contributed by atoms with Crippen LogP contribution in [0.4, 0.5) is 4.39 Å². The predicted octanol–water partition coefficient (Wildman–Crippen LogP) is 3.65. The van der Waals surface area contributed by atoms with Gasteiger partial charge in [0.05, 0.1) is 0 Å². The van der Waals surface area contributed by atoms with Gasteiger partial charge in [-0.1, -0.05) is 19.9 Å². The van der Waals surface area contributed by atoms with E-state index >= 15 is 0 Å². The van der Waals surface area contributed by atoms with Gasteiger partial charge in [0.2, 0.25) is 0 Å². The lowest BCUT2D eigenvalue weighted by molar-refractivity contribution is 0.0749. The summed E-state index contributed by atoms with van der Waals surface area (Å²) in [5, 5.41) is 3.33. The molecule has 17 heavy (non-hydrogen) atoms. The molecule has 1 aliphatic rings. The van der Waals surface area contributed by atoms with Crippen LogP contribution in [-0.4, -0.2) is 19.3 Å². The molecule has 0 spiro atoms. The van der Waals surface area contributed by atoms with E-state index in [0.29, 0.717) is 12.0 Å². The van der Waals surface area contributed by atoms with Gasteiger partial charge < -0.3 is 5.32 Å². The molecule has 0 aromatic heterocycles. The number of nitrogens with one attached hydrogen (secondary N) is 1. The van der Waals surface area contributed by atoms with E-state index in [1.807, 2.05) is 19.4 Å². The number of halogens is 1. The van der Waals surface area contributed by atoms with Gasteiger partial charge in [-0.15, -0.1) is 11.8 Å². The summed E-state index contributed by atoms with van der Waals surface area (Å²) in [6.45, 7) is 4.51. The molecule has 0 saturated heterocycles. The molecule has 1 fully saturated rings. The lowest BCUT2D eigenvalue weighted by Gasteiger charge is -2.52. The molecule has 0 aliphatic heterocycles. The Bertz CT molecular complexity index is 417. The van der Waals surface area contributed by atoms with Crippen LogP contribution in [0, 0.1) is 11.2 Å². The van der Waals surface area contributed by atoms with E-state index in [0.717, 1.165) is 16.9 Å². The molecule has 0 radical (unpaired) electrons. The van der Waals surface area contributed by atoms with E-state index in [9.17, 15) is 4.39 Å². The molecule has 2 atom stereocenters. The quantitative estimate of drug-likeness (QED) is 0.825. The minimum absolute atomic E-state index is 0.0845. The second kappa shape index (κ2) is 4.62. The third-order valence-electron chi connectivity index (χ3n) is 4.19. The molecule has 0 bridgehead atoms. The van der Waals surface area contributed by atoms with Gasteiger partial charge in [0.1, 0.15) is 5.82 Å². The van der Waals surface area contributed by atoms with Crippen LogP contribution in [0.25, 0.3) is 0 Å². The third kappa shape index (κ3) is 2.11. The van der Waals surface area contributed by atoms with Crippen molar-refractivity contribution in [1.82, 2.24) is 5.32 Å². The summed E-state index contributed by atoms with van der Waals surface area (Å²) in [4.78, 5) is 0.732. The first-order valence-corrected chi connectivity index (χ1v) is 7.24. The molecule has 1 aromatic carbocycles. The van der Waals surface area contributed by atoms with Crippen LogP contribution < -0.4 is 5.32 Å². The van der Waals surface area contributed by atoms with E-state index in [1.165, 1.54) is 11.8 Å². The van der Waals surface area contributed by atoms with Crippen molar-refractivity contribution in [3.8, 4) is 0 Å². The maximum Gasteiger partial charge on any atom is 0.137 e. The number of hydrogen-bond acceptors (Lipinski definition) is 2. The molecule has 1 aromatic rings. The zero-order valence-corrected chi connectivity index (χ0v) is 11.7. The van der Waals surface area contributed by atoms with Gasteiger partial charge in [-0.25, -0.2) is 4.39 Å². The maximum atomic E-state index is 13.8. The Morgan fingerprint density at radius 2 is 2.12 bits per heavy atom. The highest BCUT2D eigenvalue weighted by Crippen LogP contribution is 2.52. The van der Waals surface area contributed by atoms with E-state index in [-0.39, 0.29) is 11.2 Å². The Balaban J connectivity index is 2.23. The summed E-state index contributed by atoms with van der Waals surface area (Å²) < 4.78 is 13.8. The van der Waals surface area contributed by atoms with Crippen LogP contribution in [0.3, 0.4) is 0 Å². The van der Waals surface area contributed by atoms with Crippen molar-refractivity contribution in [2.75, 3.05) is 13.3 Å². The molecule has 2 unspecified atom stereocenters. The first-order chi connectivity index (χ1) is 8.00. The van der Waals surface area contributed by atoms with Crippen molar-refractivity contribution in [1.29, 1.82) is 0 Å². The average Bonchev–Trinajstić information content (AvgIpc) is 2.28. The fraction of sp³-hybridized carbons (Fsp3) is 0.571. The van der Waals surface area contributed by atoms with Crippen LogP contribution in [0.1, 0.15) is 31.7 Å². The summed E-state index contributed by atoms with van der Waals surface area (Å²) in [7, 11) is 2.00. The van der Waals surface area contributed by atoms with Gasteiger partial charge >= 0.3 is 0 Å². The van der Waals surface area contributed by atoms with Crippen molar-refractivity contribution in [3.05, 3.63) is 29.6 Å². The van der Waals surface area contributed by atoms with Crippen LogP contribution in [-0.2, 0) is 0 Å². The Hall–Kier alpha value is -0.540. The summed E-state index contributed by atoms with van der Waals surface area (Å²) >= 11 is 1.46. The van der Waals surface area contributed by atoms with E-state index < -0.39 is 0 Å². The molecule has 1 aliphatic carbocycles. The second-order valence-corrected chi connectivity index (χ2v) is 6.19. The number of rotatable bonds is 3. The van der Waals surface area contributed by atoms with Gasteiger partial charge in [-0.05, 0) is 48.8 Å². The van der Waals surface area contributed by atoms with Gasteiger partial charge in [0.25, 0.3) is 0 Å². The first-order valence-electron chi connectivity index (χ1n) is 6.01. The fourth-order valence-electron chi connectivity index (χ4n) is 2.88. The Labute approximate surface area is 107 Å². The van der Waals surface area contributed by atoms with Gasteiger partial charge in [0.15, 0.2) is 0 Å². The monoisotopic (exact) mass is 253 g/mol. The number of hydrogen-bond donors (Lipinski definition) is 1. The second-order valence-electron chi connectivity index (χ2n) is 5.34. The van der Waals surface area contributed by atoms with Crippen molar-refractivity contribution in [2.45, 2.75) is 37.1 Å². The Morgan fingerprint density at radius 1 is 1.41 bits per heavy atom. The molecule has 94 valence electrons. The van der Waals surface area contributed by atoms with E-state index in [1.54, 1.807) is 6.07 Å². The summed E-state index contributed by atoms with van der Waals surface area (Å²) in [6, 6.07) is 6.23. The summed E-state index contributed by atoms with van der Waals surface area (Å²) in [6.07, 6.45) is 3.00. The molecule has 1 saturated carbocycles. The zero-order chi connectivity index (χ0) is 12.6. The largest absolute Gasteiger partial charge is 0.316 e. The molecule has 3 heteroatoms. The molecule has 1 nitrogen and oxygen atoms in total. The average molecular weight is 253 g/mol. The molecule has 0 heterocycles. The highest BCUT2D eigenvalue weighted by molar-refractivity contribution is 7.98. The molecule has 2 rings (SSSR count).